The Labute approximate surface area is 202 Å². The van der Waals surface area contributed by atoms with Crippen LogP contribution in [0, 0.1) is 5.92 Å². The van der Waals surface area contributed by atoms with Gasteiger partial charge in [-0.2, -0.15) is 0 Å². The molecule has 0 rings (SSSR count). The van der Waals surface area contributed by atoms with Crippen LogP contribution in [0.25, 0.3) is 0 Å². The molecule has 0 aliphatic carbocycles. The summed E-state index contributed by atoms with van der Waals surface area (Å²) < 4.78 is 0. The first-order valence-electron chi connectivity index (χ1n) is 11.0. The fourth-order valence-corrected chi connectivity index (χ4v) is 2.88. The van der Waals surface area contributed by atoms with E-state index in [1.807, 2.05) is 0 Å². The second kappa shape index (κ2) is 15.4. The van der Waals surface area contributed by atoms with Gasteiger partial charge in [0.15, 0.2) is 5.96 Å². The number of guanidine groups is 1. The van der Waals surface area contributed by atoms with E-state index in [0.29, 0.717) is 0 Å². The van der Waals surface area contributed by atoms with Gasteiger partial charge in [-0.05, 0) is 32.1 Å². The number of amides is 3. The maximum atomic E-state index is 12.9. The average Bonchev–Trinajstić information content (AvgIpc) is 2.72. The van der Waals surface area contributed by atoms with E-state index in [2.05, 4.69) is 20.9 Å². The Morgan fingerprint density at radius 2 is 1.37 bits per heavy atom. The van der Waals surface area contributed by atoms with Crippen molar-refractivity contribution >= 4 is 35.6 Å². The van der Waals surface area contributed by atoms with E-state index in [1.165, 1.54) is 6.92 Å². The number of aliphatic hydroxyl groups is 1. The molecule has 12 N–H and O–H groups in total. The van der Waals surface area contributed by atoms with Crippen molar-refractivity contribution in [2.24, 2.45) is 28.1 Å². The van der Waals surface area contributed by atoms with Crippen molar-refractivity contribution in [3.63, 3.8) is 0 Å². The third kappa shape index (κ3) is 13.1. The third-order valence-corrected chi connectivity index (χ3v) is 4.73. The number of nitrogens with one attached hydrogen (secondary N) is 3. The number of nitrogens with two attached hydrogens (primary N) is 3. The number of carboxylic acid groups (broad SMARTS) is 2. The summed E-state index contributed by atoms with van der Waals surface area (Å²) in [5, 5.41) is 34.9. The van der Waals surface area contributed by atoms with Crippen molar-refractivity contribution in [1.82, 2.24) is 16.0 Å². The van der Waals surface area contributed by atoms with E-state index < -0.39 is 66.4 Å². The largest absolute Gasteiger partial charge is 0.481 e. The summed E-state index contributed by atoms with van der Waals surface area (Å²) in [6.45, 7) is 4.87. The summed E-state index contributed by atoms with van der Waals surface area (Å²) in [7, 11) is 0. The molecule has 35 heavy (non-hydrogen) atoms. The lowest BCUT2D eigenvalue weighted by atomic mass is 10.0. The van der Waals surface area contributed by atoms with E-state index in [0.717, 1.165) is 0 Å². The van der Waals surface area contributed by atoms with Crippen molar-refractivity contribution in [3.05, 3.63) is 0 Å². The lowest BCUT2D eigenvalue weighted by Crippen LogP contribution is -2.58. The van der Waals surface area contributed by atoms with Gasteiger partial charge in [-0.3, -0.25) is 24.2 Å². The highest BCUT2D eigenvalue weighted by molar-refractivity contribution is 5.95. The predicted octanol–water partition coefficient (Wildman–Crippen LogP) is -3.19. The quantitative estimate of drug-likeness (QED) is 0.0574. The number of hydrogen-bond acceptors (Lipinski definition) is 8. The number of carbonyl (C=O) groups excluding carboxylic acids is 3. The van der Waals surface area contributed by atoms with E-state index in [4.69, 9.17) is 17.2 Å². The minimum absolute atomic E-state index is 0.0204. The van der Waals surface area contributed by atoms with Crippen LogP contribution in [0.3, 0.4) is 0 Å². The summed E-state index contributed by atoms with van der Waals surface area (Å²) in [5.41, 5.74) is 16.1. The molecule has 0 aromatic heterocycles. The van der Waals surface area contributed by atoms with Crippen LogP contribution in [0.4, 0.5) is 0 Å². The van der Waals surface area contributed by atoms with Crippen LogP contribution in [0.15, 0.2) is 4.99 Å². The van der Waals surface area contributed by atoms with E-state index in [9.17, 15) is 39.3 Å². The molecule has 0 spiro atoms. The Kier molecular flexibility index (Phi) is 13.9. The second-order valence-electron chi connectivity index (χ2n) is 8.46. The van der Waals surface area contributed by atoms with Gasteiger partial charge in [-0.1, -0.05) is 13.8 Å². The second-order valence-corrected chi connectivity index (χ2v) is 8.46. The molecule has 15 heteroatoms. The van der Waals surface area contributed by atoms with Gasteiger partial charge in [-0.15, -0.1) is 0 Å². The topological polar surface area (TPSA) is 273 Å². The molecule has 5 atom stereocenters. The molecule has 0 aliphatic rings. The van der Waals surface area contributed by atoms with Crippen molar-refractivity contribution < 1.29 is 39.3 Å². The van der Waals surface area contributed by atoms with Crippen LogP contribution in [-0.2, 0) is 24.0 Å². The zero-order valence-corrected chi connectivity index (χ0v) is 20.1. The zero-order chi connectivity index (χ0) is 27.3. The average molecular weight is 504 g/mol. The van der Waals surface area contributed by atoms with Crippen LogP contribution in [0.5, 0.6) is 0 Å². The molecule has 1 unspecified atom stereocenters. The molecule has 0 heterocycles. The maximum absolute atomic E-state index is 12.9. The lowest BCUT2D eigenvalue weighted by molar-refractivity contribution is -0.144. The van der Waals surface area contributed by atoms with Gasteiger partial charge in [0.05, 0.1) is 12.5 Å². The highest BCUT2D eigenvalue weighted by atomic mass is 16.4. The number of hydrogen-bond donors (Lipinski definition) is 9. The van der Waals surface area contributed by atoms with Gasteiger partial charge >= 0.3 is 11.9 Å². The van der Waals surface area contributed by atoms with Gasteiger partial charge < -0.3 is 48.5 Å². The first kappa shape index (κ1) is 31.5. The van der Waals surface area contributed by atoms with E-state index in [-0.39, 0.29) is 37.7 Å². The zero-order valence-electron chi connectivity index (χ0n) is 20.1. The van der Waals surface area contributed by atoms with Gasteiger partial charge in [0.25, 0.3) is 0 Å². The van der Waals surface area contributed by atoms with Crippen LogP contribution in [-0.4, -0.2) is 87.8 Å². The van der Waals surface area contributed by atoms with Crippen LogP contribution in [0.1, 0.15) is 46.5 Å². The Hall–Kier alpha value is -3.46. The van der Waals surface area contributed by atoms with Crippen molar-refractivity contribution in [2.45, 2.75) is 76.7 Å². The van der Waals surface area contributed by atoms with E-state index in [1.54, 1.807) is 13.8 Å². The molecule has 0 saturated carbocycles. The monoisotopic (exact) mass is 503 g/mol. The molecular formula is C20H37N7O8. The fraction of sp³-hybridized carbons (Fsp3) is 0.700. The summed E-state index contributed by atoms with van der Waals surface area (Å²) in [4.78, 5) is 64.3. The molecule has 0 bridgehead atoms. The highest BCUT2D eigenvalue weighted by Crippen LogP contribution is 2.07. The van der Waals surface area contributed by atoms with Gasteiger partial charge in [-0.25, -0.2) is 4.79 Å². The Balaban J connectivity index is 5.63. The number of carbonyl (C=O) groups is 5. The molecular weight excluding hydrogens is 466 g/mol. The Bertz CT molecular complexity index is 783. The Morgan fingerprint density at radius 3 is 1.83 bits per heavy atom. The molecule has 0 aliphatic heterocycles. The number of carboxylic acids is 2. The van der Waals surface area contributed by atoms with Crippen molar-refractivity contribution in [2.75, 3.05) is 6.54 Å². The summed E-state index contributed by atoms with van der Waals surface area (Å²) in [6.07, 6.45) is -1.79. The molecule has 0 aromatic carbocycles. The standard InChI is InChI=1S/C20H37N7O8/c1-9(2)7-13(19(34)35)27-17(32)12(8-14(29)30)26-16(31)11(5-4-6-24-20(22)23)25-18(33)15(21)10(3)28/h9-13,15,28H,4-8,21H2,1-3H3,(H,25,33)(H,26,31)(H,27,32)(H,29,30)(H,34,35)(H4,22,23,24)/t10?,11-,12-,13-,15-/m0/s1. The van der Waals surface area contributed by atoms with Crippen LogP contribution >= 0.6 is 0 Å². The third-order valence-electron chi connectivity index (χ3n) is 4.73. The fourth-order valence-electron chi connectivity index (χ4n) is 2.88. The lowest BCUT2D eigenvalue weighted by Gasteiger charge is -2.25. The first-order chi connectivity index (χ1) is 16.1. The summed E-state index contributed by atoms with van der Waals surface area (Å²) >= 11 is 0. The number of rotatable bonds is 16. The summed E-state index contributed by atoms with van der Waals surface area (Å²) in [5.74, 6) is -5.80. The Morgan fingerprint density at radius 1 is 0.857 bits per heavy atom. The number of aliphatic carboxylic acids is 2. The number of aliphatic hydroxyl groups excluding tert-OH is 1. The minimum atomic E-state index is -1.63. The molecule has 0 saturated heterocycles. The minimum Gasteiger partial charge on any atom is -0.481 e. The number of aliphatic imine (C=N–C) groups is 1. The van der Waals surface area contributed by atoms with Crippen LogP contribution < -0.4 is 33.2 Å². The predicted molar refractivity (Wildman–Crippen MR) is 125 cm³/mol. The maximum Gasteiger partial charge on any atom is 0.326 e. The molecule has 0 radical (unpaired) electrons. The molecule has 0 fully saturated rings. The molecule has 200 valence electrons. The molecule has 0 aromatic rings. The van der Waals surface area contributed by atoms with Crippen molar-refractivity contribution in [1.29, 1.82) is 0 Å². The van der Waals surface area contributed by atoms with Crippen molar-refractivity contribution in [3.8, 4) is 0 Å². The van der Waals surface area contributed by atoms with Gasteiger partial charge in [0.2, 0.25) is 17.7 Å². The van der Waals surface area contributed by atoms with E-state index >= 15 is 0 Å². The van der Waals surface area contributed by atoms with Crippen LogP contribution in [0.2, 0.25) is 0 Å². The first-order valence-corrected chi connectivity index (χ1v) is 11.0. The van der Waals surface area contributed by atoms with Gasteiger partial charge in [0, 0.05) is 6.54 Å². The highest BCUT2D eigenvalue weighted by Gasteiger charge is 2.32. The number of nitrogens with zero attached hydrogens (tertiary/aromatic N) is 1. The SMILES string of the molecule is CC(C)C[C@H](NC(=O)[C@H](CC(=O)O)NC(=O)[C@H](CCCN=C(N)N)NC(=O)[C@@H](N)C(C)O)C(=O)O. The molecule has 3 amide bonds. The smallest absolute Gasteiger partial charge is 0.326 e. The van der Waals surface area contributed by atoms with Gasteiger partial charge in [0.1, 0.15) is 24.2 Å². The summed E-state index contributed by atoms with van der Waals surface area (Å²) in [6, 6.07) is -5.56. The normalized spacial score (nSPS) is 15.1. The molecule has 15 nitrogen and oxygen atoms in total.